The molecule has 0 aliphatic heterocycles. The van der Waals surface area contributed by atoms with E-state index in [-0.39, 0.29) is 4.91 Å². The summed E-state index contributed by atoms with van der Waals surface area (Å²) in [5.41, 5.74) is 0.229. The molecule has 0 aliphatic rings. The zero-order chi connectivity index (χ0) is 11.6. The molecule has 5 heteroatoms. The molecule has 82 valence electrons. The minimum absolute atomic E-state index is 0.111. The molecule has 14 heavy (non-hydrogen) atoms. The number of allylic oxidation sites excluding steroid dienone is 1. The van der Waals surface area contributed by atoms with Gasteiger partial charge < -0.3 is 4.74 Å². The number of rotatable bonds is 4. The van der Waals surface area contributed by atoms with Gasteiger partial charge in [0.1, 0.15) is 0 Å². The van der Waals surface area contributed by atoms with Crippen molar-refractivity contribution in [3.63, 3.8) is 0 Å². The van der Waals surface area contributed by atoms with Gasteiger partial charge in [0.05, 0.1) is 10.5 Å². The molecule has 0 unspecified atom stereocenters. The molecule has 0 aliphatic carbocycles. The standard InChI is InChI=1S/C9H17NO3S/c1-7(9(3,4)13-5)6-8(2)14(10,11)12/h6H,2H2,1,3-5H3,(H2,10,11,12)/b7-6+. The predicted octanol–water partition coefficient (Wildman–Crippen LogP) is 1.16. The maximum Gasteiger partial charge on any atom is 0.237 e. The Morgan fingerprint density at radius 1 is 1.50 bits per heavy atom. The highest BCUT2D eigenvalue weighted by atomic mass is 32.2. The normalized spacial score (nSPS) is 14.2. The van der Waals surface area contributed by atoms with Gasteiger partial charge in [0.2, 0.25) is 10.0 Å². The molecule has 4 nitrogen and oxygen atoms in total. The van der Waals surface area contributed by atoms with Crippen molar-refractivity contribution in [1.82, 2.24) is 0 Å². The molecule has 0 aromatic carbocycles. The first-order valence-corrected chi connectivity index (χ1v) is 5.61. The summed E-state index contributed by atoms with van der Waals surface area (Å²) < 4.78 is 26.9. The van der Waals surface area contributed by atoms with Gasteiger partial charge in [-0.3, -0.25) is 0 Å². The minimum Gasteiger partial charge on any atom is -0.374 e. The Kier molecular flexibility index (Phi) is 4.05. The largest absolute Gasteiger partial charge is 0.374 e. The van der Waals surface area contributed by atoms with E-state index in [9.17, 15) is 8.42 Å². The van der Waals surface area contributed by atoms with Crippen LogP contribution in [0.15, 0.2) is 23.1 Å². The SMILES string of the molecule is C=C(/C=C(\C)C(C)(C)OC)S(N)(=O)=O. The Hall–Kier alpha value is -0.650. The number of hydrogen-bond acceptors (Lipinski definition) is 3. The Labute approximate surface area is 85.5 Å². The van der Waals surface area contributed by atoms with Crippen LogP contribution in [0.2, 0.25) is 0 Å². The fourth-order valence-electron chi connectivity index (χ4n) is 0.658. The van der Waals surface area contributed by atoms with Crippen LogP contribution in [0.4, 0.5) is 0 Å². The fourth-order valence-corrected chi connectivity index (χ4v) is 0.999. The number of nitrogens with two attached hydrogens (primary N) is 1. The molecular weight excluding hydrogens is 202 g/mol. The molecule has 0 spiro atoms. The topological polar surface area (TPSA) is 69.4 Å². The first kappa shape index (κ1) is 13.4. The van der Waals surface area contributed by atoms with Crippen molar-refractivity contribution in [2.24, 2.45) is 5.14 Å². The van der Waals surface area contributed by atoms with Gasteiger partial charge in [-0.25, -0.2) is 13.6 Å². The summed E-state index contributed by atoms with van der Waals surface area (Å²) in [6.07, 6.45) is 1.42. The van der Waals surface area contributed by atoms with Crippen LogP contribution in [0.25, 0.3) is 0 Å². The molecule has 0 radical (unpaired) electrons. The van der Waals surface area contributed by atoms with E-state index in [0.717, 1.165) is 5.57 Å². The molecular formula is C9H17NO3S. The van der Waals surface area contributed by atoms with Crippen LogP contribution in [0.3, 0.4) is 0 Å². The van der Waals surface area contributed by atoms with E-state index in [2.05, 4.69) is 6.58 Å². The Balaban J connectivity index is 4.97. The molecule has 0 atom stereocenters. The average Bonchev–Trinajstić information content (AvgIpc) is 2.02. The van der Waals surface area contributed by atoms with E-state index < -0.39 is 15.6 Å². The number of methoxy groups -OCH3 is 1. The van der Waals surface area contributed by atoms with Crippen LogP contribution >= 0.6 is 0 Å². The molecule has 0 heterocycles. The molecule has 0 bridgehead atoms. The monoisotopic (exact) mass is 219 g/mol. The summed E-state index contributed by atoms with van der Waals surface area (Å²) >= 11 is 0. The summed E-state index contributed by atoms with van der Waals surface area (Å²) in [6.45, 7) is 8.79. The molecule has 0 aromatic rings. The second-order valence-corrected chi connectivity index (χ2v) is 5.17. The molecule has 0 rings (SSSR count). The average molecular weight is 219 g/mol. The lowest BCUT2D eigenvalue weighted by atomic mass is 9.99. The van der Waals surface area contributed by atoms with Gasteiger partial charge in [0.25, 0.3) is 0 Å². The second kappa shape index (κ2) is 4.25. The van der Waals surface area contributed by atoms with Crippen molar-refractivity contribution in [3.05, 3.63) is 23.1 Å². The van der Waals surface area contributed by atoms with Gasteiger partial charge >= 0.3 is 0 Å². The van der Waals surface area contributed by atoms with Crippen molar-refractivity contribution >= 4 is 10.0 Å². The Bertz CT molecular complexity index is 352. The predicted molar refractivity (Wildman–Crippen MR) is 57.1 cm³/mol. The Morgan fingerprint density at radius 2 is 1.93 bits per heavy atom. The molecule has 2 N–H and O–H groups in total. The zero-order valence-electron chi connectivity index (χ0n) is 8.99. The van der Waals surface area contributed by atoms with E-state index in [1.807, 2.05) is 13.8 Å². The highest BCUT2D eigenvalue weighted by Crippen LogP contribution is 2.20. The van der Waals surface area contributed by atoms with Crippen LogP contribution in [0.5, 0.6) is 0 Å². The van der Waals surface area contributed by atoms with Crippen molar-refractivity contribution < 1.29 is 13.2 Å². The van der Waals surface area contributed by atoms with E-state index in [1.165, 1.54) is 6.08 Å². The van der Waals surface area contributed by atoms with Crippen LogP contribution in [-0.4, -0.2) is 21.1 Å². The number of ether oxygens (including phenoxy) is 1. The second-order valence-electron chi connectivity index (χ2n) is 3.55. The summed E-state index contributed by atoms with van der Waals surface area (Å²) in [5.74, 6) is 0. The third-order valence-electron chi connectivity index (χ3n) is 2.20. The molecule has 0 saturated heterocycles. The quantitative estimate of drug-likeness (QED) is 0.721. The van der Waals surface area contributed by atoms with Gasteiger partial charge in [0.15, 0.2) is 0 Å². The molecule has 0 fully saturated rings. The van der Waals surface area contributed by atoms with Crippen molar-refractivity contribution in [2.75, 3.05) is 7.11 Å². The lowest BCUT2D eigenvalue weighted by Crippen LogP contribution is -2.24. The fraction of sp³-hybridized carbons (Fsp3) is 0.556. The summed E-state index contributed by atoms with van der Waals surface area (Å²) in [6, 6.07) is 0. The Morgan fingerprint density at radius 3 is 2.21 bits per heavy atom. The van der Waals surface area contributed by atoms with Crippen LogP contribution in [0.1, 0.15) is 20.8 Å². The number of primary sulfonamides is 1. The highest BCUT2D eigenvalue weighted by molar-refractivity contribution is 7.93. The van der Waals surface area contributed by atoms with Crippen LogP contribution in [-0.2, 0) is 14.8 Å². The lowest BCUT2D eigenvalue weighted by molar-refractivity contribution is 0.0551. The van der Waals surface area contributed by atoms with Gasteiger partial charge in [-0.2, -0.15) is 0 Å². The van der Waals surface area contributed by atoms with Crippen molar-refractivity contribution in [1.29, 1.82) is 0 Å². The summed E-state index contributed by atoms with van der Waals surface area (Å²) in [5, 5.41) is 4.90. The molecule has 0 amide bonds. The molecule has 0 saturated carbocycles. The first-order valence-electron chi connectivity index (χ1n) is 4.07. The van der Waals surface area contributed by atoms with E-state index in [0.29, 0.717) is 0 Å². The van der Waals surface area contributed by atoms with E-state index in [1.54, 1.807) is 14.0 Å². The van der Waals surface area contributed by atoms with Crippen LogP contribution in [0, 0.1) is 0 Å². The van der Waals surface area contributed by atoms with Gasteiger partial charge in [-0.15, -0.1) is 0 Å². The van der Waals surface area contributed by atoms with Crippen molar-refractivity contribution in [3.8, 4) is 0 Å². The van der Waals surface area contributed by atoms with Gasteiger partial charge in [-0.1, -0.05) is 6.58 Å². The maximum atomic E-state index is 10.9. The number of sulfonamides is 1. The highest BCUT2D eigenvalue weighted by Gasteiger charge is 2.20. The smallest absolute Gasteiger partial charge is 0.237 e. The zero-order valence-corrected chi connectivity index (χ0v) is 9.81. The third kappa shape index (κ3) is 3.61. The van der Waals surface area contributed by atoms with E-state index in [4.69, 9.17) is 9.88 Å². The first-order chi connectivity index (χ1) is 6.11. The van der Waals surface area contributed by atoms with Crippen molar-refractivity contribution in [2.45, 2.75) is 26.4 Å². The number of hydrogen-bond donors (Lipinski definition) is 1. The summed E-state index contributed by atoms with van der Waals surface area (Å²) in [4.78, 5) is -0.111. The van der Waals surface area contributed by atoms with Gasteiger partial charge in [-0.05, 0) is 32.4 Å². The summed E-state index contributed by atoms with van der Waals surface area (Å²) in [7, 11) is -2.14. The van der Waals surface area contributed by atoms with Crippen LogP contribution < -0.4 is 5.14 Å². The lowest BCUT2D eigenvalue weighted by Gasteiger charge is -2.24. The maximum absolute atomic E-state index is 10.9. The molecule has 0 aromatic heterocycles. The third-order valence-corrected chi connectivity index (χ3v) is 3.05. The minimum atomic E-state index is -3.69. The van der Waals surface area contributed by atoms with Gasteiger partial charge in [0, 0.05) is 7.11 Å². The van der Waals surface area contributed by atoms with E-state index >= 15 is 0 Å².